The molecule has 1 aromatic heterocycles. The lowest BCUT2D eigenvalue weighted by Crippen LogP contribution is -2.31. The second kappa shape index (κ2) is 7.16. The second-order valence-corrected chi connectivity index (χ2v) is 6.41. The van der Waals surface area contributed by atoms with Gasteiger partial charge in [0, 0.05) is 36.2 Å². The van der Waals surface area contributed by atoms with E-state index >= 15 is 0 Å². The Hall–Kier alpha value is -1.83. The number of hydrogen-bond acceptors (Lipinski definition) is 4. The van der Waals surface area contributed by atoms with Crippen LogP contribution in [0.3, 0.4) is 0 Å². The first-order chi connectivity index (χ1) is 11.2. The van der Waals surface area contributed by atoms with Gasteiger partial charge in [0.1, 0.15) is 6.07 Å². The van der Waals surface area contributed by atoms with Gasteiger partial charge < -0.3 is 9.80 Å². The van der Waals surface area contributed by atoms with E-state index in [0.717, 1.165) is 55.7 Å². The maximum absolute atomic E-state index is 9.52. The number of pyridine rings is 1. The minimum atomic E-state index is 0.628. The van der Waals surface area contributed by atoms with Crippen molar-refractivity contribution in [2.24, 2.45) is 0 Å². The van der Waals surface area contributed by atoms with Crippen molar-refractivity contribution >= 4 is 28.2 Å². The predicted octanol–water partition coefficient (Wildman–Crippen LogP) is 3.68. The fourth-order valence-corrected chi connectivity index (χ4v) is 3.48. The Bertz CT molecular complexity index is 738. The second-order valence-electron chi connectivity index (χ2n) is 5.98. The third-order valence-electron chi connectivity index (χ3n) is 4.37. The van der Waals surface area contributed by atoms with Gasteiger partial charge in [-0.2, -0.15) is 5.26 Å². The van der Waals surface area contributed by atoms with Crippen molar-refractivity contribution in [1.82, 2.24) is 9.88 Å². The molecule has 23 heavy (non-hydrogen) atoms. The van der Waals surface area contributed by atoms with Gasteiger partial charge >= 0.3 is 0 Å². The molecule has 0 spiro atoms. The molecule has 0 amide bonds. The number of halogens is 1. The quantitative estimate of drug-likeness (QED) is 0.862. The first-order valence-corrected chi connectivity index (χ1v) is 8.56. The number of hydrogen-bond donors (Lipinski definition) is 0. The normalized spacial score (nSPS) is 16.3. The van der Waals surface area contributed by atoms with Crippen LogP contribution in [0.4, 0.5) is 5.69 Å². The van der Waals surface area contributed by atoms with E-state index in [0.29, 0.717) is 10.6 Å². The van der Waals surface area contributed by atoms with E-state index in [-0.39, 0.29) is 0 Å². The third-order valence-corrected chi connectivity index (χ3v) is 4.60. The van der Waals surface area contributed by atoms with Crippen LogP contribution < -0.4 is 4.90 Å². The summed E-state index contributed by atoms with van der Waals surface area (Å²) in [5, 5.41) is 11.2. The Balaban J connectivity index is 2.01. The number of rotatable bonds is 3. The van der Waals surface area contributed by atoms with Crippen LogP contribution in [-0.2, 0) is 0 Å². The topological polar surface area (TPSA) is 43.2 Å². The van der Waals surface area contributed by atoms with E-state index in [9.17, 15) is 5.26 Å². The molecule has 1 aliphatic rings. The molecule has 5 heteroatoms. The van der Waals surface area contributed by atoms with Crippen molar-refractivity contribution in [2.75, 3.05) is 37.6 Å². The van der Waals surface area contributed by atoms with Gasteiger partial charge in [0.15, 0.2) is 0 Å². The van der Waals surface area contributed by atoms with Gasteiger partial charge in [0.05, 0.1) is 16.8 Å². The molecule has 4 nitrogen and oxygen atoms in total. The van der Waals surface area contributed by atoms with E-state index in [1.165, 1.54) is 6.42 Å². The largest absolute Gasteiger partial charge is 0.369 e. The summed E-state index contributed by atoms with van der Waals surface area (Å²) in [6.07, 6.45) is 3.97. The monoisotopic (exact) mass is 328 g/mol. The van der Waals surface area contributed by atoms with Gasteiger partial charge in [0.25, 0.3) is 0 Å². The molecule has 0 N–H and O–H groups in total. The van der Waals surface area contributed by atoms with Crippen LogP contribution in [-0.4, -0.2) is 42.6 Å². The van der Waals surface area contributed by atoms with Gasteiger partial charge in [-0.25, -0.2) is 0 Å². The summed E-state index contributed by atoms with van der Waals surface area (Å²) in [4.78, 5) is 9.23. The molecule has 0 atom stereocenters. The Morgan fingerprint density at radius 1 is 1.26 bits per heavy atom. The van der Waals surface area contributed by atoms with Crippen LogP contribution in [0.2, 0.25) is 5.02 Å². The average molecular weight is 329 g/mol. The first kappa shape index (κ1) is 16.0. The van der Waals surface area contributed by atoms with E-state index in [4.69, 9.17) is 11.6 Å². The number of nitrogens with zero attached hydrogens (tertiary/aromatic N) is 4. The number of aromatic nitrogens is 1. The summed E-state index contributed by atoms with van der Waals surface area (Å²) in [6.45, 7) is 7.40. The molecule has 1 fully saturated rings. The molecule has 2 aromatic rings. The smallest absolute Gasteiger partial charge is 0.103 e. The zero-order valence-electron chi connectivity index (χ0n) is 13.4. The number of fused-ring (bicyclic) bond motifs is 1. The summed E-state index contributed by atoms with van der Waals surface area (Å²) in [5.41, 5.74) is 2.50. The molecule has 3 rings (SSSR count). The third kappa shape index (κ3) is 3.41. The van der Waals surface area contributed by atoms with Gasteiger partial charge in [-0.15, -0.1) is 0 Å². The van der Waals surface area contributed by atoms with E-state index in [1.807, 2.05) is 18.2 Å². The summed E-state index contributed by atoms with van der Waals surface area (Å²) in [6, 6.07) is 7.99. The lowest BCUT2D eigenvalue weighted by molar-refractivity contribution is 0.294. The van der Waals surface area contributed by atoms with Crippen LogP contribution in [0.25, 0.3) is 10.9 Å². The first-order valence-electron chi connectivity index (χ1n) is 8.18. The van der Waals surface area contributed by atoms with Crippen molar-refractivity contribution in [2.45, 2.75) is 19.8 Å². The fraction of sp³-hybridized carbons (Fsp3) is 0.444. The lowest BCUT2D eigenvalue weighted by atomic mass is 10.1. The van der Waals surface area contributed by atoms with Crippen molar-refractivity contribution in [3.63, 3.8) is 0 Å². The maximum Gasteiger partial charge on any atom is 0.103 e. The Labute approximate surface area is 142 Å². The van der Waals surface area contributed by atoms with Crippen molar-refractivity contribution in [3.05, 3.63) is 35.0 Å². The van der Waals surface area contributed by atoms with Crippen molar-refractivity contribution in [3.8, 4) is 6.07 Å². The van der Waals surface area contributed by atoms with Crippen molar-refractivity contribution < 1.29 is 0 Å². The summed E-state index contributed by atoms with van der Waals surface area (Å²) < 4.78 is 0. The molecule has 1 aliphatic heterocycles. The summed E-state index contributed by atoms with van der Waals surface area (Å²) in [7, 11) is 0. The lowest BCUT2D eigenvalue weighted by Gasteiger charge is -2.25. The Kier molecular flexibility index (Phi) is 5.00. The van der Waals surface area contributed by atoms with Crippen LogP contribution in [0.1, 0.15) is 25.3 Å². The molecule has 2 heterocycles. The molecule has 120 valence electrons. The molecule has 0 unspecified atom stereocenters. The number of benzene rings is 1. The Morgan fingerprint density at radius 2 is 2.13 bits per heavy atom. The fourth-order valence-electron chi connectivity index (χ4n) is 3.31. The van der Waals surface area contributed by atoms with Crippen molar-refractivity contribution in [1.29, 1.82) is 5.26 Å². The molecular weight excluding hydrogens is 308 g/mol. The summed E-state index contributed by atoms with van der Waals surface area (Å²) >= 11 is 6.18. The molecule has 0 radical (unpaired) electrons. The maximum atomic E-state index is 9.52. The van der Waals surface area contributed by atoms with Crippen LogP contribution in [0, 0.1) is 11.3 Å². The highest BCUT2D eigenvalue weighted by molar-refractivity contribution is 6.31. The molecule has 0 aliphatic carbocycles. The minimum absolute atomic E-state index is 0.628. The van der Waals surface area contributed by atoms with Gasteiger partial charge in [0.2, 0.25) is 0 Å². The zero-order valence-corrected chi connectivity index (χ0v) is 14.2. The summed E-state index contributed by atoms with van der Waals surface area (Å²) in [5.74, 6) is 0. The predicted molar refractivity (Wildman–Crippen MR) is 95.0 cm³/mol. The van der Waals surface area contributed by atoms with E-state index < -0.39 is 0 Å². The van der Waals surface area contributed by atoms with Crippen LogP contribution >= 0.6 is 11.6 Å². The molecule has 0 saturated carbocycles. The van der Waals surface area contributed by atoms with Gasteiger partial charge in [-0.3, -0.25) is 4.98 Å². The molecule has 1 saturated heterocycles. The standard InChI is InChI=1S/C18H21ClN4/c1-2-6-22-7-3-8-23(10-9-22)18-14(12-20)13-21-17-5-4-15(19)11-16(17)18/h4-5,11,13H,2-3,6-10H2,1H3. The highest BCUT2D eigenvalue weighted by Crippen LogP contribution is 2.31. The van der Waals surface area contributed by atoms with E-state index in [1.54, 1.807) is 6.20 Å². The van der Waals surface area contributed by atoms with Crippen LogP contribution in [0.15, 0.2) is 24.4 Å². The molecular formula is C18H21ClN4. The SMILES string of the molecule is CCCN1CCCN(c2c(C#N)cnc3ccc(Cl)cc23)CC1. The van der Waals surface area contributed by atoms with Crippen LogP contribution in [0.5, 0.6) is 0 Å². The van der Waals surface area contributed by atoms with Gasteiger partial charge in [-0.1, -0.05) is 18.5 Å². The average Bonchev–Trinajstić information content (AvgIpc) is 2.79. The van der Waals surface area contributed by atoms with Gasteiger partial charge in [-0.05, 0) is 44.1 Å². The molecule has 0 bridgehead atoms. The highest BCUT2D eigenvalue weighted by atomic mass is 35.5. The Morgan fingerprint density at radius 3 is 2.91 bits per heavy atom. The zero-order chi connectivity index (χ0) is 16.2. The molecule has 1 aromatic carbocycles. The van der Waals surface area contributed by atoms with E-state index in [2.05, 4.69) is 27.8 Å². The highest BCUT2D eigenvalue weighted by Gasteiger charge is 2.20. The minimum Gasteiger partial charge on any atom is -0.369 e. The number of anilines is 1. The number of nitriles is 1.